The molecule has 1 saturated heterocycles. The summed E-state index contributed by atoms with van der Waals surface area (Å²) in [6, 6.07) is 12.2. The number of esters is 2. The summed E-state index contributed by atoms with van der Waals surface area (Å²) in [5.41, 5.74) is 2.67. The number of rotatable bonds is 24. The summed E-state index contributed by atoms with van der Waals surface area (Å²) in [7, 11) is 0. The molecule has 8 amide bonds. The van der Waals surface area contributed by atoms with Crippen LogP contribution in [0.5, 0.6) is 0 Å². The van der Waals surface area contributed by atoms with Crippen molar-refractivity contribution < 1.29 is 66.5 Å². The molecule has 0 aliphatic carbocycles. The number of benzene rings is 2. The van der Waals surface area contributed by atoms with Crippen molar-refractivity contribution in [2.75, 3.05) is 39.5 Å². The third-order valence-electron chi connectivity index (χ3n) is 13.1. The minimum Gasteiger partial charge on any atom is -0.457 e. The summed E-state index contributed by atoms with van der Waals surface area (Å²) in [6.07, 6.45) is 2.31. The lowest BCUT2D eigenvalue weighted by atomic mass is 9.85. The van der Waals surface area contributed by atoms with Crippen LogP contribution in [0.3, 0.4) is 0 Å². The SMILES string of the molecule is CC[C@@]1(OC(C)=O)C(=O)OCc2c1cc1n(c2=S)Cc2c-1nc1cc(F)c(C)cc1c2CNC(=O)COCNC(=O)CNC(=O)[C@H](Cc1ccccc1)NC(=O)CNC(=O)CNC(=O)CCCCCN1C(=O)CCC1=O. The van der Waals surface area contributed by atoms with Crippen LogP contribution in [0.4, 0.5) is 4.39 Å². The van der Waals surface area contributed by atoms with E-state index in [9.17, 15) is 47.9 Å². The van der Waals surface area contributed by atoms with Gasteiger partial charge in [-0.3, -0.25) is 48.1 Å². The number of unbranched alkanes of at least 4 members (excludes halogenated alkanes) is 2. The molecule has 0 saturated carbocycles. The monoisotopic (exact) mass is 1070 g/mol. The zero-order chi connectivity index (χ0) is 54.7. The molecular formula is C52H58FN9O13S. The van der Waals surface area contributed by atoms with Gasteiger partial charge in [-0.25, -0.2) is 14.2 Å². The van der Waals surface area contributed by atoms with Gasteiger partial charge >= 0.3 is 11.9 Å². The van der Waals surface area contributed by atoms with Crippen molar-refractivity contribution in [1.29, 1.82) is 0 Å². The van der Waals surface area contributed by atoms with Crippen LogP contribution in [0.15, 0.2) is 48.5 Å². The van der Waals surface area contributed by atoms with Gasteiger partial charge in [0.25, 0.3) is 0 Å². The van der Waals surface area contributed by atoms with E-state index in [0.717, 1.165) is 0 Å². The molecule has 2 aromatic carbocycles. The van der Waals surface area contributed by atoms with E-state index in [1.165, 1.54) is 17.9 Å². The summed E-state index contributed by atoms with van der Waals surface area (Å²) >= 11 is 5.92. The number of carbonyl (C=O) groups excluding carboxylic acids is 10. The number of imide groups is 1. The molecule has 0 radical (unpaired) electrons. The second-order valence-corrected chi connectivity index (χ2v) is 18.8. The van der Waals surface area contributed by atoms with Gasteiger partial charge in [0.05, 0.1) is 43.1 Å². The number of likely N-dealkylation sites (tertiary alicyclic amines) is 1. The van der Waals surface area contributed by atoms with E-state index >= 15 is 4.39 Å². The number of hydrogen-bond acceptors (Lipinski definition) is 15. The van der Waals surface area contributed by atoms with Crippen molar-refractivity contribution in [1.82, 2.24) is 46.4 Å². The molecule has 402 valence electrons. The molecule has 0 unspecified atom stereocenters. The van der Waals surface area contributed by atoms with E-state index in [-0.39, 0.29) is 69.5 Å². The average molecular weight is 1070 g/mol. The van der Waals surface area contributed by atoms with Crippen molar-refractivity contribution in [3.8, 4) is 11.4 Å². The van der Waals surface area contributed by atoms with Gasteiger partial charge in [0.1, 0.15) is 36.4 Å². The van der Waals surface area contributed by atoms with Gasteiger partial charge in [-0.2, -0.15) is 0 Å². The molecule has 1 fully saturated rings. The number of nitrogens with one attached hydrogen (secondary N) is 6. The molecule has 2 atom stereocenters. The third-order valence-corrected chi connectivity index (χ3v) is 13.6. The molecule has 76 heavy (non-hydrogen) atoms. The number of carbonyl (C=O) groups is 10. The van der Waals surface area contributed by atoms with Gasteiger partial charge in [0.15, 0.2) is 0 Å². The zero-order valence-corrected chi connectivity index (χ0v) is 43.0. The molecule has 5 heterocycles. The molecule has 2 aromatic heterocycles. The lowest BCUT2D eigenvalue weighted by Gasteiger charge is -2.35. The number of nitrogens with zero attached hydrogens (tertiary/aromatic N) is 3. The first-order chi connectivity index (χ1) is 36.4. The summed E-state index contributed by atoms with van der Waals surface area (Å²) in [5.74, 6) is -6.00. The van der Waals surface area contributed by atoms with Gasteiger partial charge in [-0.15, -0.1) is 0 Å². The summed E-state index contributed by atoms with van der Waals surface area (Å²) in [5, 5.41) is 15.8. The fourth-order valence-corrected chi connectivity index (χ4v) is 9.51. The largest absolute Gasteiger partial charge is 0.457 e. The first-order valence-corrected chi connectivity index (χ1v) is 25.1. The van der Waals surface area contributed by atoms with Crippen LogP contribution in [0.1, 0.15) is 92.2 Å². The molecule has 7 rings (SSSR count). The Bertz CT molecular complexity index is 3040. The Morgan fingerprint density at radius 3 is 2.26 bits per heavy atom. The molecule has 3 aliphatic rings. The van der Waals surface area contributed by atoms with Gasteiger partial charge in [-0.05, 0) is 55.0 Å². The second-order valence-electron chi connectivity index (χ2n) is 18.4. The number of hydrogen-bond donors (Lipinski definition) is 6. The lowest BCUT2D eigenvalue weighted by molar-refractivity contribution is -0.188. The number of ether oxygens (including phenoxy) is 3. The molecule has 0 spiro atoms. The van der Waals surface area contributed by atoms with Crippen LogP contribution < -0.4 is 31.9 Å². The third kappa shape index (κ3) is 13.3. The normalized spacial score (nSPS) is 15.7. The fourth-order valence-electron chi connectivity index (χ4n) is 9.18. The van der Waals surface area contributed by atoms with Crippen LogP contribution in [0.25, 0.3) is 22.3 Å². The predicted molar refractivity (Wildman–Crippen MR) is 270 cm³/mol. The van der Waals surface area contributed by atoms with Gasteiger partial charge < -0.3 is 50.7 Å². The van der Waals surface area contributed by atoms with Gasteiger partial charge in [-0.1, -0.05) is 55.9 Å². The topological polar surface area (TPSA) is 292 Å². The first-order valence-electron chi connectivity index (χ1n) is 24.7. The number of aryl methyl sites for hydroxylation is 1. The van der Waals surface area contributed by atoms with E-state index < -0.39 is 91.9 Å². The minimum atomic E-state index is -1.75. The van der Waals surface area contributed by atoms with Crippen LogP contribution in [-0.4, -0.2) is 119 Å². The molecule has 0 bridgehead atoms. The average Bonchev–Trinajstić information content (AvgIpc) is 3.98. The highest BCUT2D eigenvalue weighted by Gasteiger charge is 2.49. The molecular weight excluding hydrogens is 1010 g/mol. The fraction of sp³-hybridized carbons (Fsp3) is 0.423. The lowest BCUT2D eigenvalue weighted by Crippen LogP contribution is -2.52. The van der Waals surface area contributed by atoms with Crippen LogP contribution in [-0.2, 0) is 93.9 Å². The molecule has 6 N–H and O–H groups in total. The Morgan fingerprint density at radius 1 is 0.842 bits per heavy atom. The van der Waals surface area contributed by atoms with Crippen LogP contribution in [0.2, 0.25) is 0 Å². The maximum Gasteiger partial charge on any atom is 0.355 e. The molecule has 24 heteroatoms. The Balaban J connectivity index is 0.874. The molecule has 3 aliphatic heterocycles. The van der Waals surface area contributed by atoms with Crippen LogP contribution in [0, 0.1) is 17.4 Å². The van der Waals surface area contributed by atoms with E-state index in [2.05, 4.69) is 31.9 Å². The van der Waals surface area contributed by atoms with Crippen molar-refractivity contribution in [2.24, 2.45) is 0 Å². The van der Waals surface area contributed by atoms with Crippen molar-refractivity contribution >= 4 is 82.3 Å². The number of halogens is 1. The highest BCUT2D eigenvalue weighted by atomic mass is 32.1. The van der Waals surface area contributed by atoms with Crippen molar-refractivity contribution in [3.63, 3.8) is 0 Å². The number of fused-ring (bicyclic) bond motifs is 5. The van der Waals surface area contributed by atoms with Crippen LogP contribution >= 0.6 is 12.2 Å². The standard InChI is InChI=1S/C52H58FN9O13S/c1-4-52(75-30(3)63)36-19-40-48-34(25-62(40)50(76)35(36)26-74-51(52)72)33(32-17-29(2)37(53)20-38(32)60-48)21-54-45(68)27-73-28-58-43(66)23-57-49(71)39(18-31-11-7-5-8-12-31)59-44(67)24-56-42(65)22-55-41(64)13-9-6-10-16-61-46(69)14-15-47(61)70/h5,7-8,11-12,17,19-20,39H,4,6,9-10,13-16,18,21-28H2,1-3H3,(H,54,68)(H,55,64)(H,56,65)(H,57,71)(H,58,66)(H,59,67)/t39-,52-/m0/s1. The van der Waals surface area contributed by atoms with Gasteiger partial charge in [0, 0.05) is 73.8 Å². The van der Waals surface area contributed by atoms with Crippen molar-refractivity contribution in [2.45, 2.75) is 103 Å². The van der Waals surface area contributed by atoms with E-state index in [1.807, 2.05) is 0 Å². The quantitative estimate of drug-likeness (QED) is 0.0169. The summed E-state index contributed by atoms with van der Waals surface area (Å²) in [4.78, 5) is 132. The van der Waals surface area contributed by atoms with Gasteiger partial charge in [0.2, 0.25) is 52.9 Å². The highest BCUT2D eigenvalue weighted by Crippen LogP contribution is 2.44. The number of aromatic nitrogens is 2. The zero-order valence-electron chi connectivity index (χ0n) is 42.2. The Hall–Kier alpha value is -7.99. The Labute approximate surface area is 440 Å². The number of pyridine rings is 2. The predicted octanol–water partition coefficient (Wildman–Crippen LogP) is 1.96. The first kappa shape index (κ1) is 55.8. The Kier molecular flexibility index (Phi) is 18.4. The molecule has 22 nitrogen and oxygen atoms in total. The van der Waals surface area contributed by atoms with E-state index in [0.29, 0.717) is 86.1 Å². The molecule has 4 aromatic rings. The second kappa shape index (κ2) is 25.0. The highest BCUT2D eigenvalue weighted by molar-refractivity contribution is 7.71. The summed E-state index contributed by atoms with van der Waals surface area (Å²) in [6.45, 7) is 2.47. The van der Waals surface area contributed by atoms with E-state index in [4.69, 9.17) is 31.4 Å². The maximum atomic E-state index is 15.0. The van der Waals surface area contributed by atoms with E-state index in [1.54, 1.807) is 60.9 Å². The Morgan fingerprint density at radius 2 is 1.54 bits per heavy atom. The minimum absolute atomic E-state index is 0.0406. The van der Waals surface area contributed by atoms with Crippen molar-refractivity contribution in [3.05, 3.63) is 92.4 Å². The number of cyclic esters (lactones) is 1. The number of amides is 8. The maximum absolute atomic E-state index is 15.0. The smallest absolute Gasteiger partial charge is 0.355 e. The summed E-state index contributed by atoms with van der Waals surface area (Å²) < 4.78 is 33.7.